The molecular weight excluding hydrogens is 280 g/mol. The SMILES string of the molecule is CCCCc1[c-]scc1CCCC.[Br-].[Mg+2]. The maximum Gasteiger partial charge on any atom is 2.00 e. The van der Waals surface area contributed by atoms with Gasteiger partial charge in [0.2, 0.25) is 0 Å². The predicted molar refractivity (Wildman–Crippen MR) is 66.1 cm³/mol. The fourth-order valence-electron chi connectivity index (χ4n) is 1.45. The van der Waals surface area contributed by atoms with E-state index in [1.165, 1.54) is 44.1 Å². The van der Waals surface area contributed by atoms with Crippen LogP contribution in [-0.4, -0.2) is 23.1 Å². The van der Waals surface area contributed by atoms with E-state index >= 15 is 0 Å². The molecule has 1 aromatic heterocycles. The van der Waals surface area contributed by atoms with Crippen LogP contribution < -0.4 is 17.0 Å². The van der Waals surface area contributed by atoms with E-state index < -0.39 is 0 Å². The summed E-state index contributed by atoms with van der Waals surface area (Å²) in [5.41, 5.74) is 3.04. The van der Waals surface area contributed by atoms with Crippen molar-refractivity contribution in [2.75, 3.05) is 0 Å². The van der Waals surface area contributed by atoms with Crippen molar-refractivity contribution in [3.05, 3.63) is 21.9 Å². The molecule has 0 fully saturated rings. The molecule has 1 heterocycles. The summed E-state index contributed by atoms with van der Waals surface area (Å²) in [6.07, 6.45) is 7.71. The average molecular weight is 300 g/mol. The summed E-state index contributed by atoms with van der Waals surface area (Å²) in [7, 11) is 0. The van der Waals surface area contributed by atoms with Crippen molar-refractivity contribution in [3.8, 4) is 0 Å². The van der Waals surface area contributed by atoms with Crippen molar-refractivity contribution in [2.24, 2.45) is 0 Å². The first-order valence-electron chi connectivity index (χ1n) is 5.35. The Bertz CT molecular complexity index is 213. The molecule has 0 radical (unpaired) electrons. The number of hydrogen-bond acceptors (Lipinski definition) is 1. The van der Waals surface area contributed by atoms with E-state index in [0.717, 1.165) is 0 Å². The molecule has 0 amide bonds. The molecule has 3 heteroatoms. The number of unbranched alkanes of at least 4 members (excludes halogenated alkanes) is 2. The molecule has 0 saturated carbocycles. The van der Waals surface area contributed by atoms with E-state index in [2.05, 4.69) is 24.6 Å². The van der Waals surface area contributed by atoms with Gasteiger partial charge in [-0.25, -0.2) is 0 Å². The van der Waals surface area contributed by atoms with Crippen molar-refractivity contribution in [1.29, 1.82) is 0 Å². The van der Waals surface area contributed by atoms with Gasteiger partial charge in [0.05, 0.1) is 0 Å². The van der Waals surface area contributed by atoms with Crippen LogP contribution >= 0.6 is 11.3 Å². The monoisotopic (exact) mass is 298 g/mol. The molecule has 1 rings (SSSR count). The van der Waals surface area contributed by atoms with E-state index in [1.807, 2.05) is 0 Å². The van der Waals surface area contributed by atoms with Crippen molar-refractivity contribution in [2.45, 2.75) is 52.4 Å². The summed E-state index contributed by atoms with van der Waals surface area (Å²) in [5.74, 6) is 0. The third kappa shape index (κ3) is 6.98. The van der Waals surface area contributed by atoms with E-state index in [-0.39, 0.29) is 40.0 Å². The zero-order chi connectivity index (χ0) is 9.52. The molecule has 0 N–H and O–H groups in total. The molecule has 0 saturated heterocycles. The third-order valence-corrected chi connectivity index (χ3v) is 3.12. The Kier molecular flexibility index (Phi) is 14.0. The van der Waals surface area contributed by atoms with Gasteiger partial charge in [0, 0.05) is 0 Å². The fourth-order valence-corrected chi connectivity index (χ4v) is 2.29. The molecule has 0 aliphatic rings. The zero-order valence-electron chi connectivity index (χ0n) is 9.81. The Balaban J connectivity index is 0. The van der Waals surface area contributed by atoms with Crippen molar-refractivity contribution in [3.63, 3.8) is 0 Å². The molecule has 0 aromatic carbocycles. The summed E-state index contributed by atoms with van der Waals surface area (Å²) < 4.78 is 0. The van der Waals surface area contributed by atoms with Gasteiger partial charge in [-0.1, -0.05) is 52.4 Å². The van der Waals surface area contributed by atoms with Crippen LogP contribution in [0.1, 0.15) is 50.7 Å². The Labute approximate surface area is 125 Å². The second kappa shape index (κ2) is 11.4. The van der Waals surface area contributed by atoms with Crippen LogP contribution in [0.3, 0.4) is 0 Å². The predicted octanol–water partition coefficient (Wildman–Crippen LogP) is 0.857. The number of aryl methyl sites for hydroxylation is 2. The van der Waals surface area contributed by atoms with Crippen LogP contribution in [0.4, 0.5) is 0 Å². The first-order valence-corrected chi connectivity index (χ1v) is 6.23. The first-order chi connectivity index (χ1) is 6.38. The summed E-state index contributed by atoms with van der Waals surface area (Å²) in [6, 6.07) is 0. The summed E-state index contributed by atoms with van der Waals surface area (Å²) >= 11 is 1.74. The standard InChI is InChI=1S/C12H19S.BrH.Mg/c1-3-5-7-11-9-13-10-12(11)8-6-4-2;;/h9H,3-8H2,1-2H3;1H;/q-1;;+2/p-1. The molecule has 0 aliphatic heterocycles. The van der Waals surface area contributed by atoms with Gasteiger partial charge in [0.1, 0.15) is 0 Å². The number of rotatable bonds is 6. The van der Waals surface area contributed by atoms with Crippen molar-refractivity contribution in [1.82, 2.24) is 0 Å². The Morgan fingerprint density at radius 1 is 1.13 bits per heavy atom. The molecule has 1 aromatic rings. The smallest absolute Gasteiger partial charge is 1.00 e. The van der Waals surface area contributed by atoms with Gasteiger partial charge in [-0.15, -0.1) is 5.38 Å². The van der Waals surface area contributed by atoms with Gasteiger partial charge in [-0.3, -0.25) is 0 Å². The molecule has 0 spiro atoms. The molecule has 0 aliphatic carbocycles. The van der Waals surface area contributed by atoms with Crippen LogP contribution in [0.15, 0.2) is 5.38 Å². The molecule has 0 nitrogen and oxygen atoms in total. The minimum absolute atomic E-state index is 0. The quantitative estimate of drug-likeness (QED) is 0.540. The van der Waals surface area contributed by atoms with Crippen molar-refractivity contribution < 1.29 is 17.0 Å². The minimum atomic E-state index is 0. The minimum Gasteiger partial charge on any atom is -1.00 e. The maximum atomic E-state index is 3.39. The van der Waals surface area contributed by atoms with Gasteiger partial charge < -0.3 is 28.3 Å². The van der Waals surface area contributed by atoms with E-state index in [0.29, 0.717) is 0 Å². The zero-order valence-corrected chi connectivity index (χ0v) is 13.6. The second-order valence-electron chi connectivity index (χ2n) is 3.55. The number of halogens is 1. The molecule has 82 valence electrons. The largest absolute Gasteiger partial charge is 2.00 e. The van der Waals surface area contributed by atoms with E-state index in [1.54, 1.807) is 16.9 Å². The van der Waals surface area contributed by atoms with E-state index in [9.17, 15) is 0 Å². The maximum absolute atomic E-state index is 3.39. The topological polar surface area (TPSA) is 0 Å². The molecule has 0 unspecified atom stereocenters. The Morgan fingerprint density at radius 2 is 1.73 bits per heavy atom. The van der Waals surface area contributed by atoms with Crippen LogP contribution in [-0.2, 0) is 12.8 Å². The van der Waals surface area contributed by atoms with Gasteiger partial charge in [0.15, 0.2) is 0 Å². The Hall–Kier alpha value is 0.946. The average Bonchev–Trinajstić information content (AvgIpc) is 2.59. The van der Waals surface area contributed by atoms with Crippen molar-refractivity contribution >= 4 is 34.4 Å². The normalized spacial score (nSPS) is 9.20. The number of hydrogen-bond donors (Lipinski definition) is 0. The first kappa shape index (κ1) is 18.3. The van der Waals surface area contributed by atoms with Crippen LogP contribution in [0.2, 0.25) is 0 Å². The molecular formula is C12H19BrMgS. The van der Waals surface area contributed by atoms with Crippen LogP contribution in [0, 0.1) is 5.38 Å². The van der Waals surface area contributed by atoms with Crippen LogP contribution in [0.5, 0.6) is 0 Å². The molecule has 0 atom stereocenters. The Morgan fingerprint density at radius 3 is 2.33 bits per heavy atom. The summed E-state index contributed by atoms with van der Waals surface area (Å²) in [4.78, 5) is 0. The molecule has 0 bridgehead atoms. The van der Waals surface area contributed by atoms with Crippen LogP contribution in [0.25, 0.3) is 0 Å². The van der Waals surface area contributed by atoms with Gasteiger partial charge in [-0.2, -0.15) is 16.5 Å². The number of thiophene rings is 1. The molecule has 15 heavy (non-hydrogen) atoms. The van der Waals surface area contributed by atoms with E-state index in [4.69, 9.17) is 0 Å². The van der Waals surface area contributed by atoms with Gasteiger partial charge in [0.25, 0.3) is 0 Å². The summed E-state index contributed by atoms with van der Waals surface area (Å²) in [6.45, 7) is 4.50. The summed E-state index contributed by atoms with van der Waals surface area (Å²) in [5, 5.41) is 5.67. The fraction of sp³-hybridized carbons (Fsp3) is 0.667. The third-order valence-electron chi connectivity index (χ3n) is 2.35. The van der Waals surface area contributed by atoms with Gasteiger partial charge >= 0.3 is 23.1 Å². The van der Waals surface area contributed by atoms with Gasteiger partial charge in [-0.05, 0) is 0 Å². The second-order valence-corrected chi connectivity index (χ2v) is 4.22.